The first kappa shape index (κ1) is 12.3. The Bertz CT molecular complexity index is 684. The molecule has 2 heterocycles. The van der Waals surface area contributed by atoms with Gasteiger partial charge in [0.05, 0.1) is 11.4 Å². The van der Waals surface area contributed by atoms with Gasteiger partial charge in [-0.1, -0.05) is 28.1 Å². The van der Waals surface area contributed by atoms with Gasteiger partial charge in [-0.05, 0) is 24.1 Å². The fraction of sp³-hybridized carbons (Fsp3) is 0.214. The third-order valence-corrected chi connectivity index (χ3v) is 4.05. The number of benzene rings is 1. The molecule has 1 aromatic carbocycles. The summed E-state index contributed by atoms with van der Waals surface area (Å²) in [7, 11) is 0. The molecule has 1 atom stereocenters. The topological polar surface area (TPSA) is 59.1 Å². The number of rotatable bonds is 1. The maximum Gasteiger partial charge on any atom is 0.234 e. The van der Waals surface area contributed by atoms with Crippen LogP contribution in [0, 0.1) is 0 Å². The predicted octanol–water partition coefficient (Wildman–Crippen LogP) is 2.52. The van der Waals surface area contributed by atoms with Crippen molar-refractivity contribution in [2.75, 3.05) is 0 Å². The summed E-state index contributed by atoms with van der Waals surface area (Å²) < 4.78 is 0.951. The van der Waals surface area contributed by atoms with E-state index in [1.54, 1.807) is 6.20 Å². The molecule has 1 aliphatic rings. The first-order valence-corrected chi connectivity index (χ1v) is 6.83. The molecule has 1 fully saturated rings. The Kier molecular flexibility index (Phi) is 3.06. The quantitative estimate of drug-likeness (QED) is 0.822. The number of piperidine rings is 1. The number of imide groups is 1. The number of aromatic nitrogens is 1. The normalized spacial score (nSPS) is 19.5. The first-order valence-electron chi connectivity index (χ1n) is 6.03. The first-order chi connectivity index (χ1) is 9.16. The van der Waals surface area contributed by atoms with Crippen molar-refractivity contribution in [3.8, 4) is 0 Å². The minimum Gasteiger partial charge on any atom is -0.296 e. The van der Waals surface area contributed by atoms with Crippen LogP contribution in [0.25, 0.3) is 10.9 Å². The maximum atomic E-state index is 12.0. The summed E-state index contributed by atoms with van der Waals surface area (Å²) >= 11 is 3.49. The van der Waals surface area contributed by atoms with Gasteiger partial charge in [-0.2, -0.15) is 0 Å². The molecule has 19 heavy (non-hydrogen) atoms. The van der Waals surface area contributed by atoms with Gasteiger partial charge in [0.15, 0.2) is 0 Å². The Hall–Kier alpha value is -1.75. The standard InChI is InChI=1S/C14H11BrN2O2/c15-11-5-3-8(13-10(11)2-1-7-16-13)9-4-6-12(18)17-14(9)19/h1-3,5,7,9H,4,6H2,(H,17,18,19). The highest BCUT2D eigenvalue weighted by Crippen LogP contribution is 2.33. The van der Waals surface area contributed by atoms with Gasteiger partial charge in [-0.25, -0.2) is 0 Å². The van der Waals surface area contributed by atoms with Gasteiger partial charge in [-0.15, -0.1) is 0 Å². The lowest BCUT2D eigenvalue weighted by atomic mass is 9.89. The number of nitrogens with zero attached hydrogens (tertiary/aromatic N) is 1. The number of fused-ring (bicyclic) bond motifs is 1. The highest BCUT2D eigenvalue weighted by molar-refractivity contribution is 9.10. The molecule has 5 heteroatoms. The molecular weight excluding hydrogens is 308 g/mol. The van der Waals surface area contributed by atoms with Crippen LogP contribution in [0.1, 0.15) is 24.3 Å². The minimum atomic E-state index is -0.303. The van der Waals surface area contributed by atoms with Crippen LogP contribution in [0.4, 0.5) is 0 Å². The zero-order valence-electron chi connectivity index (χ0n) is 10.0. The van der Waals surface area contributed by atoms with Gasteiger partial charge in [0.25, 0.3) is 0 Å². The molecule has 2 aromatic rings. The van der Waals surface area contributed by atoms with Gasteiger partial charge in [-0.3, -0.25) is 19.9 Å². The molecule has 1 aliphatic heterocycles. The lowest BCUT2D eigenvalue weighted by molar-refractivity contribution is -0.134. The molecule has 0 bridgehead atoms. The zero-order valence-corrected chi connectivity index (χ0v) is 11.6. The monoisotopic (exact) mass is 318 g/mol. The van der Waals surface area contributed by atoms with Crippen LogP contribution in [-0.2, 0) is 9.59 Å². The van der Waals surface area contributed by atoms with Crippen molar-refractivity contribution in [2.45, 2.75) is 18.8 Å². The van der Waals surface area contributed by atoms with Crippen LogP contribution >= 0.6 is 15.9 Å². The van der Waals surface area contributed by atoms with E-state index >= 15 is 0 Å². The Balaban J connectivity index is 2.13. The lowest BCUT2D eigenvalue weighted by Gasteiger charge is -2.22. The molecular formula is C14H11BrN2O2. The number of carbonyl (C=O) groups excluding carboxylic acids is 2. The molecule has 1 unspecified atom stereocenters. The van der Waals surface area contributed by atoms with E-state index in [2.05, 4.69) is 26.2 Å². The van der Waals surface area contributed by atoms with Gasteiger partial charge in [0, 0.05) is 22.5 Å². The molecule has 0 spiro atoms. The van der Waals surface area contributed by atoms with E-state index in [-0.39, 0.29) is 17.7 Å². The molecule has 2 amide bonds. The Morgan fingerprint density at radius 3 is 2.89 bits per heavy atom. The highest BCUT2D eigenvalue weighted by atomic mass is 79.9. The van der Waals surface area contributed by atoms with Crippen LogP contribution in [0.5, 0.6) is 0 Å². The second-order valence-electron chi connectivity index (χ2n) is 4.54. The molecule has 1 saturated heterocycles. The molecule has 1 N–H and O–H groups in total. The summed E-state index contributed by atoms with van der Waals surface area (Å²) in [5.74, 6) is -0.732. The van der Waals surface area contributed by atoms with Crippen LogP contribution in [0.3, 0.4) is 0 Å². The molecule has 4 nitrogen and oxygen atoms in total. The maximum absolute atomic E-state index is 12.0. The largest absolute Gasteiger partial charge is 0.296 e. The Labute approximate surface area is 118 Å². The van der Waals surface area contributed by atoms with E-state index in [0.717, 1.165) is 20.9 Å². The number of hydrogen-bond acceptors (Lipinski definition) is 3. The Morgan fingerprint density at radius 2 is 2.11 bits per heavy atom. The fourth-order valence-corrected chi connectivity index (χ4v) is 2.88. The third-order valence-electron chi connectivity index (χ3n) is 3.36. The van der Waals surface area contributed by atoms with Crippen molar-refractivity contribution < 1.29 is 9.59 Å². The van der Waals surface area contributed by atoms with Crippen LogP contribution < -0.4 is 5.32 Å². The van der Waals surface area contributed by atoms with E-state index < -0.39 is 0 Å². The van der Waals surface area contributed by atoms with Crippen LogP contribution in [-0.4, -0.2) is 16.8 Å². The summed E-state index contributed by atoms with van der Waals surface area (Å²) in [5.41, 5.74) is 1.69. The molecule has 96 valence electrons. The molecule has 1 aromatic heterocycles. The lowest BCUT2D eigenvalue weighted by Crippen LogP contribution is -2.39. The van der Waals surface area contributed by atoms with Crippen molar-refractivity contribution in [1.29, 1.82) is 0 Å². The van der Waals surface area contributed by atoms with Gasteiger partial charge in [0.2, 0.25) is 11.8 Å². The summed E-state index contributed by atoms with van der Waals surface area (Å²) in [5, 5.41) is 3.37. The van der Waals surface area contributed by atoms with Crippen molar-refractivity contribution >= 4 is 38.6 Å². The molecule has 3 rings (SSSR count). The van der Waals surface area contributed by atoms with E-state index in [1.807, 2.05) is 24.3 Å². The van der Waals surface area contributed by atoms with Crippen LogP contribution in [0.15, 0.2) is 34.9 Å². The number of nitrogens with one attached hydrogen (secondary N) is 1. The van der Waals surface area contributed by atoms with E-state index in [0.29, 0.717) is 12.8 Å². The SMILES string of the molecule is O=C1CCC(c2ccc(Br)c3cccnc23)C(=O)N1. The summed E-state index contributed by atoms with van der Waals surface area (Å²) in [6.07, 6.45) is 2.63. The van der Waals surface area contributed by atoms with Gasteiger partial charge in [0.1, 0.15) is 0 Å². The third kappa shape index (κ3) is 2.14. The average molecular weight is 319 g/mol. The van der Waals surface area contributed by atoms with E-state index in [1.165, 1.54) is 0 Å². The smallest absolute Gasteiger partial charge is 0.234 e. The summed E-state index contributed by atoms with van der Waals surface area (Å²) in [6, 6.07) is 7.64. The zero-order chi connectivity index (χ0) is 13.4. The number of hydrogen-bond donors (Lipinski definition) is 1. The number of pyridine rings is 1. The minimum absolute atomic E-state index is 0.198. The van der Waals surface area contributed by atoms with E-state index in [4.69, 9.17) is 0 Å². The van der Waals surface area contributed by atoms with Gasteiger partial charge < -0.3 is 0 Å². The van der Waals surface area contributed by atoms with Gasteiger partial charge >= 0.3 is 0 Å². The van der Waals surface area contributed by atoms with Crippen molar-refractivity contribution in [3.05, 3.63) is 40.5 Å². The Morgan fingerprint density at radius 1 is 1.26 bits per heavy atom. The number of halogens is 1. The average Bonchev–Trinajstić information content (AvgIpc) is 2.41. The fourth-order valence-electron chi connectivity index (χ4n) is 2.43. The number of carbonyl (C=O) groups is 2. The van der Waals surface area contributed by atoms with E-state index in [9.17, 15) is 9.59 Å². The second kappa shape index (κ2) is 4.74. The number of amides is 2. The molecule has 0 radical (unpaired) electrons. The van der Waals surface area contributed by atoms with Crippen LogP contribution in [0.2, 0.25) is 0 Å². The van der Waals surface area contributed by atoms with Crippen molar-refractivity contribution in [1.82, 2.24) is 10.3 Å². The molecule has 0 saturated carbocycles. The highest BCUT2D eigenvalue weighted by Gasteiger charge is 2.29. The predicted molar refractivity (Wildman–Crippen MR) is 74.6 cm³/mol. The van der Waals surface area contributed by atoms with Crippen molar-refractivity contribution in [3.63, 3.8) is 0 Å². The molecule has 0 aliphatic carbocycles. The summed E-state index contributed by atoms with van der Waals surface area (Å²) in [4.78, 5) is 27.6. The summed E-state index contributed by atoms with van der Waals surface area (Å²) in [6.45, 7) is 0. The second-order valence-corrected chi connectivity index (χ2v) is 5.39. The van der Waals surface area contributed by atoms with Crippen molar-refractivity contribution in [2.24, 2.45) is 0 Å².